The number of hydrogen-bond acceptors (Lipinski definition) is 4. The molecular formula is C12H22N2O3. The molecule has 2 unspecified atom stereocenters. The normalized spacial score (nSPS) is 20.9. The molecule has 1 heterocycles. The Hall–Kier alpha value is -1.10. The van der Waals surface area contributed by atoms with Crippen molar-refractivity contribution in [3.05, 3.63) is 0 Å². The van der Waals surface area contributed by atoms with E-state index in [0.717, 1.165) is 25.9 Å². The van der Waals surface area contributed by atoms with Gasteiger partial charge in [-0.05, 0) is 31.8 Å². The Labute approximate surface area is 102 Å². The topological polar surface area (TPSA) is 67.4 Å². The summed E-state index contributed by atoms with van der Waals surface area (Å²) >= 11 is 0. The minimum atomic E-state index is -0.287. The van der Waals surface area contributed by atoms with Crippen LogP contribution in [0.15, 0.2) is 0 Å². The maximum atomic E-state index is 11.5. The van der Waals surface area contributed by atoms with E-state index in [4.69, 9.17) is 0 Å². The van der Waals surface area contributed by atoms with Crippen LogP contribution in [0.4, 0.5) is 0 Å². The van der Waals surface area contributed by atoms with Crippen molar-refractivity contribution in [1.29, 1.82) is 0 Å². The Morgan fingerprint density at radius 2 is 2.29 bits per heavy atom. The van der Waals surface area contributed by atoms with Crippen LogP contribution in [0, 0.1) is 11.8 Å². The van der Waals surface area contributed by atoms with E-state index >= 15 is 0 Å². The number of esters is 1. The highest BCUT2D eigenvalue weighted by Gasteiger charge is 2.17. The summed E-state index contributed by atoms with van der Waals surface area (Å²) in [6.45, 7) is 4.18. The van der Waals surface area contributed by atoms with Crippen LogP contribution in [0.2, 0.25) is 0 Å². The highest BCUT2D eigenvalue weighted by molar-refractivity contribution is 5.77. The standard InChI is InChI=1S/C12H22N2O3/c1-9(12(16)17-2)7-14-11(15)4-3-10-5-6-13-8-10/h9-10,13H,3-8H2,1-2H3,(H,14,15). The van der Waals surface area contributed by atoms with Crippen molar-refractivity contribution < 1.29 is 14.3 Å². The van der Waals surface area contributed by atoms with Gasteiger partial charge in [-0.15, -0.1) is 0 Å². The molecule has 1 amide bonds. The molecule has 0 spiro atoms. The molecule has 1 saturated heterocycles. The summed E-state index contributed by atoms with van der Waals surface area (Å²) in [5.74, 6) is 0.0776. The smallest absolute Gasteiger partial charge is 0.310 e. The first kappa shape index (κ1) is 14.0. The van der Waals surface area contributed by atoms with Gasteiger partial charge in [0.2, 0.25) is 5.91 Å². The number of ether oxygens (including phenoxy) is 1. The highest BCUT2D eigenvalue weighted by atomic mass is 16.5. The van der Waals surface area contributed by atoms with Crippen molar-refractivity contribution in [3.8, 4) is 0 Å². The van der Waals surface area contributed by atoms with Crippen LogP contribution in [-0.2, 0) is 14.3 Å². The van der Waals surface area contributed by atoms with Crippen molar-refractivity contribution in [3.63, 3.8) is 0 Å². The third-order valence-electron chi connectivity index (χ3n) is 3.15. The number of amides is 1. The average molecular weight is 242 g/mol. The van der Waals surface area contributed by atoms with Crippen LogP contribution in [0.25, 0.3) is 0 Å². The lowest BCUT2D eigenvalue weighted by Gasteiger charge is -2.11. The van der Waals surface area contributed by atoms with E-state index in [1.807, 2.05) is 0 Å². The van der Waals surface area contributed by atoms with Crippen molar-refractivity contribution in [2.45, 2.75) is 26.2 Å². The Morgan fingerprint density at radius 3 is 2.88 bits per heavy atom. The zero-order chi connectivity index (χ0) is 12.7. The van der Waals surface area contributed by atoms with Crippen LogP contribution < -0.4 is 10.6 Å². The van der Waals surface area contributed by atoms with E-state index in [2.05, 4.69) is 15.4 Å². The fraction of sp³-hybridized carbons (Fsp3) is 0.833. The molecule has 2 N–H and O–H groups in total. The first-order valence-electron chi connectivity index (χ1n) is 6.18. The summed E-state index contributed by atoms with van der Waals surface area (Å²) in [5.41, 5.74) is 0. The molecule has 1 aliphatic rings. The van der Waals surface area contributed by atoms with E-state index in [1.54, 1.807) is 6.92 Å². The van der Waals surface area contributed by atoms with Crippen LogP contribution >= 0.6 is 0 Å². The first-order chi connectivity index (χ1) is 8.13. The predicted octanol–water partition coefficient (Wildman–Crippen LogP) is 0.301. The maximum Gasteiger partial charge on any atom is 0.310 e. The zero-order valence-electron chi connectivity index (χ0n) is 10.6. The lowest BCUT2D eigenvalue weighted by molar-refractivity contribution is -0.144. The second-order valence-electron chi connectivity index (χ2n) is 4.63. The minimum absolute atomic E-state index is 0.0210. The molecular weight excluding hydrogens is 220 g/mol. The van der Waals surface area contributed by atoms with Crippen molar-refractivity contribution in [1.82, 2.24) is 10.6 Å². The quantitative estimate of drug-likeness (QED) is 0.657. The average Bonchev–Trinajstić information content (AvgIpc) is 2.85. The highest BCUT2D eigenvalue weighted by Crippen LogP contribution is 2.13. The van der Waals surface area contributed by atoms with Crippen LogP contribution in [0.1, 0.15) is 26.2 Å². The minimum Gasteiger partial charge on any atom is -0.469 e. The molecule has 5 nitrogen and oxygen atoms in total. The van der Waals surface area contributed by atoms with E-state index in [0.29, 0.717) is 18.9 Å². The molecule has 0 saturated carbocycles. The Morgan fingerprint density at radius 1 is 1.53 bits per heavy atom. The van der Waals surface area contributed by atoms with Gasteiger partial charge in [0.15, 0.2) is 0 Å². The number of rotatable bonds is 6. The number of carbonyl (C=O) groups is 2. The van der Waals surface area contributed by atoms with Crippen molar-refractivity contribution in [2.24, 2.45) is 11.8 Å². The monoisotopic (exact) mass is 242 g/mol. The summed E-state index contributed by atoms with van der Waals surface area (Å²) in [5, 5.41) is 6.04. The molecule has 1 fully saturated rings. The van der Waals surface area contributed by atoms with Crippen LogP contribution in [0.3, 0.4) is 0 Å². The summed E-state index contributed by atoms with van der Waals surface area (Å²) in [7, 11) is 1.35. The number of hydrogen-bond donors (Lipinski definition) is 2. The third-order valence-corrected chi connectivity index (χ3v) is 3.15. The predicted molar refractivity (Wildman–Crippen MR) is 64.4 cm³/mol. The molecule has 0 aromatic carbocycles. The molecule has 0 aliphatic carbocycles. The molecule has 0 radical (unpaired) electrons. The van der Waals surface area contributed by atoms with Gasteiger partial charge in [-0.3, -0.25) is 9.59 Å². The van der Waals surface area contributed by atoms with Crippen LogP contribution in [-0.4, -0.2) is 38.6 Å². The van der Waals surface area contributed by atoms with Gasteiger partial charge in [0.25, 0.3) is 0 Å². The van der Waals surface area contributed by atoms with Gasteiger partial charge >= 0.3 is 5.97 Å². The summed E-state index contributed by atoms with van der Waals surface area (Å²) in [6, 6.07) is 0. The second kappa shape index (κ2) is 7.27. The molecule has 0 aromatic rings. The Balaban J connectivity index is 2.10. The number of methoxy groups -OCH3 is 1. The summed E-state index contributed by atoms with van der Waals surface area (Å²) < 4.78 is 4.59. The van der Waals surface area contributed by atoms with Gasteiger partial charge in [-0.25, -0.2) is 0 Å². The van der Waals surface area contributed by atoms with E-state index in [-0.39, 0.29) is 17.8 Å². The maximum absolute atomic E-state index is 11.5. The van der Waals surface area contributed by atoms with Crippen molar-refractivity contribution >= 4 is 11.9 Å². The SMILES string of the molecule is COC(=O)C(C)CNC(=O)CCC1CCNC1. The molecule has 1 aliphatic heterocycles. The molecule has 5 heteroatoms. The number of nitrogens with one attached hydrogen (secondary N) is 2. The number of carbonyl (C=O) groups excluding carboxylic acids is 2. The lowest BCUT2D eigenvalue weighted by atomic mass is 10.0. The first-order valence-corrected chi connectivity index (χ1v) is 6.18. The zero-order valence-corrected chi connectivity index (χ0v) is 10.6. The second-order valence-corrected chi connectivity index (χ2v) is 4.63. The van der Waals surface area contributed by atoms with E-state index < -0.39 is 0 Å². The summed E-state index contributed by atoms with van der Waals surface area (Å²) in [4.78, 5) is 22.6. The molecule has 98 valence electrons. The molecule has 0 bridgehead atoms. The van der Waals surface area contributed by atoms with Crippen molar-refractivity contribution in [2.75, 3.05) is 26.7 Å². The van der Waals surface area contributed by atoms with E-state index in [1.165, 1.54) is 7.11 Å². The fourth-order valence-electron chi connectivity index (χ4n) is 1.94. The molecule has 2 atom stereocenters. The van der Waals surface area contributed by atoms with Gasteiger partial charge in [-0.1, -0.05) is 6.92 Å². The van der Waals surface area contributed by atoms with Crippen LogP contribution in [0.5, 0.6) is 0 Å². The Kier molecular flexibility index (Phi) is 5.97. The van der Waals surface area contributed by atoms with Gasteiger partial charge in [0, 0.05) is 13.0 Å². The van der Waals surface area contributed by atoms with Gasteiger partial charge in [0.1, 0.15) is 0 Å². The lowest BCUT2D eigenvalue weighted by Crippen LogP contribution is -2.32. The molecule has 0 aromatic heterocycles. The molecule has 1 rings (SSSR count). The van der Waals surface area contributed by atoms with Gasteiger partial charge in [0.05, 0.1) is 13.0 Å². The van der Waals surface area contributed by atoms with E-state index in [9.17, 15) is 9.59 Å². The largest absolute Gasteiger partial charge is 0.469 e. The molecule has 17 heavy (non-hydrogen) atoms. The van der Waals surface area contributed by atoms with Gasteiger partial charge < -0.3 is 15.4 Å². The third kappa shape index (κ3) is 5.17. The van der Waals surface area contributed by atoms with Gasteiger partial charge in [-0.2, -0.15) is 0 Å². The Bertz CT molecular complexity index is 262. The fourth-order valence-corrected chi connectivity index (χ4v) is 1.94. The summed E-state index contributed by atoms with van der Waals surface area (Å²) in [6.07, 6.45) is 2.62.